The highest BCUT2D eigenvalue weighted by molar-refractivity contribution is 7.14. The molecule has 2 amide bonds. The minimum absolute atomic E-state index is 0.0463. The summed E-state index contributed by atoms with van der Waals surface area (Å²) in [5.41, 5.74) is 2.98. The van der Waals surface area contributed by atoms with E-state index in [0.717, 1.165) is 23.2 Å². The summed E-state index contributed by atoms with van der Waals surface area (Å²) in [5.74, 6) is -0.0474. The summed E-state index contributed by atoms with van der Waals surface area (Å²) < 4.78 is 18.5. The maximum atomic E-state index is 13.0. The number of aromatic nitrogens is 1. The molecular weight excluding hydrogens is 417 g/mol. The number of carbonyl (C=O) groups excluding carboxylic acids is 2. The standard InChI is InChI=1S/C23H20FN3O3S/c1-2-11-27-19-12-16(6-9-20(19)30-13-22(27)29)18-14-31-23(25-18)26-21(28)10-5-15-3-7-17(24)8-4-15/h3-10,12,14H,2,11,13H2,1H3,(H,25,26,28)/b10-5+. The van der Waals surface area contributed by atoms with Gasteiger partial charge in [0, 0.05) is 23.6 Å². The fourth-order valence-electron chi connectivity index (χ4n) is 3.19. The minimum atomic E-state index is -0.330. The number of nitrogens with zero attached hydrogens (tertiary/aromatic N) is 2. The van der Waals surface area contributed by atoms with Crippen molar-refractivity contribution in [1.29, 1.82) is 0 Å². The molecule has 1 aliphatic heterocycles. The number of amides is 2. The van der Waals surface area contributed by atoms with Crippen molar-refractivity contribution in [3.8, 4) is 17.0 Å². The van der Waals surface area contributed by atoms with Crippen LogP contribution in [0.5, 0.6) is 5.75 Å². The number of anilines is 2. The predicted octanol–water partition coefficient (Wildman–Crippen LogP) is 4.74. The first-order valence-corrected chi connectivity index (χ1v) is 10.7. The predicted molar refractivity (Wildman–Crippen MR) is 120 cm³/mol. The molecule has 0 atom stereocenters. The molecule has 0 bridgehead atoms. The van der Waals surface area contributed by atoms with Gasteiger partial charge in [0.25, 0.3) is 5.91 Å². The largest absolute Gasteiger partial charge is 0.482 e. The molecule has 0 unspecified atom stereocenters. The van der Waals surface area contributed by atoms with E-state index < -0.39 is 0 Å². The molecule has 1 aliphatic rings. The van der Waals surface area contributed by atoms with Crippen LogP contribution in [0.15, 0.2) is 53.9 Å². The Bertz CT molecular complexity index is 1140. The van der Waals surface area contributed by atoms with Crippen molar-refractivity contribution in [3.05, 3.63) is 65.3 Å². The average molecular weight is 437 g/mol. The van der Waals surface area contributed by atoms with Crippen molar-refractivity contribution in [2.24, 2.45) is 0 Å². The number of ether oxygens (including phenoxy) is 1. The molecule has 0 fully saturated rings. The second-order valence-corrected chi connectivity index (χ2v) is 7.79. The molecule has 158 valence electrons. The molecule has 0 saturated carbocycles. The second-order valence-electron chi connectivity index (χ2n) is 6.93. The Kier molecular flexibility index (Phi) is 6.08. The van der Waals surface area contributed by atoms with Gasteiger partial charge in [0.1, 0.15) is 11.6 Å². The van der Waals surface area contributed by atoms with Gasteiger partial charge in [-0.15, -0.1) is 11.3 Å². The van der Waals surface area contributed by atoms with Crippen LogP contribution in [0.25, 0.3) is 17.3 Å². The summed E-state index contributed by atoms with van der Waals surface area (Å²) in [6.07, 6.45) is 3.82. The number of hydrogen-bond acceptors (Lipinski definition) is 5. The van der Waals surface area contributed by atoms with Crippen LogP contribution in [0.1, 0.15) is 18.9 Å². The number of hydrogen-bond donors (Lipinski definition) is 1. The third kappa shape index (κ3) is 4.80. The number of nitrogens with one attached hydrogen (secondary N) is 1. The molecule has 2 heterocycles. The Morgan fingerprint density at radius 2 is 2.10 bits per heavy atom. The van der Waals surface area contributed by atoms with Crippen molar-refractivity contribution < 1.29 is 18.7 Å². The Hall–Kier alpha value is -3.52. The number of carbonyl (C=O) groups is 2. The van der Waals surface area contributed by atoms with E-state index in [1.54, 1.807) is 23.1 Å². The van der Waals surface area contributed by atoms with Crippen LogP contribution in [-0.4, -0.2) is 29.9 Å². The zero-order chi connectivity index (χ0) is 21.8. The molecule has 4 rings (SSSR count). The zero-order valence-electron chi connectivity index (χ0n) is 16.8. The van der Waals surface area contributed by atoms with Crippen LogP contribution in [0.3, 0.4) is 0 Å². The number of thiazole rings is 1. The molecule has 31 heavy (non-hydrogen) atoms. The van der Waals surface area contributed by atoms with Crippen LogP contribution in [-0.2, 0) is 9.59 Å². The van der Waals surface area contributed by atoms with Crippen molar-refractivity contribution in [1.82, 2.24) is 4.98 Å². The monoisotopic (exact) mass is 437 g/mol. The lowest BCUT2D eigenvalue weighted by Crippen LogP contribution is -2.39. The van der Waals surface area contributed by atoms with E-state index in [0.29, 0.717) is 23.1 Å². The number of rotatable bonds is 6. The Morgan fingerprint density at radius 1 is 1.29 bits per heavy atom. The number of halogens is 1. The Morgan fingerprint density at radius 3 is 2.87 bits per heavy atom. The average Bonchev–Trinajstić information content (AvgIpc) is 3.23. The molecule has 8 heteroatoms. The second kappa shape index (κ2) is 9.09. The van der Waals surface area contributed by atoms with Gasteiger partial charge >= 0.3 is 0 Å². The molecule has 0 saturated heterocycles. The quantitative estimate of drug-likeness (QED) is 0.566. The maximum Gasteiger partial charge on any atom is 0.265 e. The van der Waals surface area contributed by atoms with Gasteiger partial charge in [0.15, 0.2) is 11.7 Å². The van der Waals surface area contributed by atoms with Crippen molar-refractivity contribution >= 4 is 40.0 Å². The fraction of sp³-hybridized carbons (Fsp3) is 0.174. The normalized spacial score (nSPS) is 13.2. The Labute approximate surface area is 183 Å². The maximum absolute atomic E-state index is 13.0. The van der Waals surface area contributed by atoms with Crippen molar-refractivity contribution in [2.45, 2.75) is 13.3 Å². The van der Waals surface area contributed by atoms with E-state index in [4.69, 9.17) is 4.74 Å². The Balaban J connectivity index is 1.48. The van der Waals surface area contributed by atoms with Crippen LogP contribution in [0, 0.1) is 5.82 Å². The molecule has 3 aromatic rings. The summed E-state index contributed by atoms with van der Waals surface area (Å²) in [4.78, 5) is 30.6. The van der Waals surface area contributed by atoms with Gasteiger partial charge in [-0.2, -0.15) is 0 Å². The summed E-state index contributed by atoms with van der Waals surface area (Å²) in [6.45, 7) is 2.69. The van der Waals surface area contributed by atoms with Gasteiger partial charge in [0.2, 0.25) is 5.91 Å². The van der Waals surface area contributed by atoms with Gasteiger partial charge in [-0.25, -0.2) is 9.37 Å². The van der Waals surface area contributed by atoms with E-state index in [1.807, 2.05) is 30.5 Å². The van der Waals surface area contributed by atoms with Crippen molar-refractivity contribution in [3.63, 3.8) is 0 Å². The third-order valence-electron chi connectivity index (χ3n) is 4.68. The van der Waals surface area contributed by atoms with Crippen LogP contribution in [0.4, 0.5) is 15.2 Å². The smallest absolute Gasteiger partial charge is 0.265 e. The van der Waals surface area contributed by atoms with E-state index >= 15 is 0 Å². The van der Waals surface area contributed by atoms with Crippen molar-refractivity contribution in [2.75, 3.05) is 23.4 Å². The third-order valence-corrected chi connectivity index (χ3v) is 5.43. The molecule has 0 radical (unpaired) electrons. The van der Waals surface area contributed by atoms with Crippen LogP contribution in [0.2, 0.25) is 0 Å². The molecule has 6 nitrogen and oxygen atoms in total. The molecule has 1 aromatic heterocycles. The zero-order valence-corrected chi connectivity index (χ0v) is 17.6. The highest BCUT2D eigenvalue weighted by Gasteiger charge is 2.25. The van der Waals surface area contributed by atoms with Crippen LogP contribution < -0.4 is 15.0 Å². The topological polar surface area (TPSA) is 71.5 Å². The lowest BCUT2D eigenvalue weighted by molar-refractivity contribution is -0.121. The van der Waals surface area contributed by atoms with Gasteiger partial charge < -0.3 is 9.64 Å². The van der Waals surface area contributed by atoms with E-state index in [-0.39, 0.29) is 24.2 Å². The molecule has 2 aromatic carbocycles. The van der Waals surface area contributed by atoms with Gasteiger partial charge in [-0.1, -0.05) is 19.1 Å². The summed E-state index contributed by atoms with van der Waals surface area (Å²) in [6, 6.07) is 11.5. The molecular formula is C23H20FN3O3S. The number of benzene rings is 2. The summed E-state index contributed by atoms with van der Waals surface area (Å²) in [5, 5.41) is 5.03. The molecule has 0 aliphatic carbocycles. The number of fused-ring (bicyclic) bond motifs is 1. The SMILES string of the molecule is CCCN1C(=O)COc2ccc(-c3csc(NC(=O)/C=C/c4ccc(F)cc4)n3)cc21. The first-order valence-electron chi connectivity index (χ1n) is 9.81. The van der Waals surface area contributed by atoms with E-state index in [9.17, 15) is 14.0 Å². The molecule has 0 spiro atoms. The van der Waals surface area contributed by atoms with Gasteiger partial charge in [-0.3, -0.25) is 14.9 Å². The fourth-order valence-corrected chi connectivity index (χ4v) is 3.91. The highest BCUT2D eigenvalue weighted by Crippen LogP contribution is 2.36. The van der Waals surface area contributed by atoms with Crippen LogP contribution >= 0.6 is 11.3 Å². The highest BCUT2D eigenvalue weighted by atomic mass is 32.1. The van der Waals surface area contributed by atoms with E-state index in [1.165, 1.54) is 29.5 Å². The van der Waals surface area contributed by atoms with Gasteiger partial charge in [0.05, 0.1) is 11.4 Å². The summed E-state index contributed by atoms with van der Waals surface area (Å²) in [7, 11) is 0. The van der Waals surface area contributed by atoms with E-state index in [2.05, 4.69) is 10.3 Å². The first-order chi connectivity index (χ1) is 15.0. The molecule has 1 N–H and O–H groups in total. The lowest BCUT2D eigenvalue weighted by atomic mass is 10.1. The summed E-state index contributed by atoms with van der Waals surface area (Å²) >= 11 is 1.31. The lowest BCUT2D eigenvalue weighted by Gasteiger charge is -2.29. The van der Waals surface area contributed by atoms with Gasteiger partial charge in [-0.05, 0) is 48.4 Å². The first kappa shape index (κ1) is 20.7. The minimum Gasteiger partial charge on any atom is -0.482 e.